The molecule has 0 bridgehead atoms. The lowest BCUT2D eigenvalue weighted by Gasteiger charge is -2.23. The van der Waals surface area contributed by atoms with Crippen LogP contribution < -0.4 is 27.0 Å². The molecule has 5 amide bonds. The standard InChI is InChI=1S/C28H32N6O6S2/c29-26(38)23-15-42-41-10-9-24(36)32-21(11-16-5-7-18(35)8-6-16)28(40)34-22(27(39)31-14-25(37)33-23)12-17-13-30-20-4-2-1-3-19(17)20/h1-8,13,21-23,30,35H,9-12,14-15H2,(H2,29,38)(H,31,39)(H,32,36)(H,33,37)(H,34,40). The summed E-state index contributed by atoms with van der Waals surface area (Å²) in [5.41, 5.74) is 7.75. The Balaban J connectivity index is 1.60. The van der Waals surface area contributed by atoms with Crippen LogP contribution in [0.1, 0.15) is 17.5 Å². The number of primary amides is 1. The summed E-state index contributed by atoms with van der Waals surface area (Å²) in [5.74, 6) is -2.29. The zero-order valence-electron chi connectivity index (χ0n) is 22.6. The van der Waals surface area contributed by atoms with Crippen molar-refractivity contribution in [3.8, 4) is 5.75 Å². The quantitative estimate of drug-likeness (QED) is 0.202. The van der Waals surface area contributed by atoms with E-state index < -0.39 is 48.3 Å². The third-order valence-electron chi connectivity index (χ3n) is 6.59. The number of H-pyrrole nitrogens is 1. The van der Waals surface area contributed by atoms with E-state index in [-0.39, 0.29) is 36.7 Å². The van der Waals surface area contributed by atoms with E-state index in [1.165, 1.54) is 33.7 Å². The summed E-state index contributed by atoms with van der Waals surface area (Å²) in [4.78, 5) is 67.4. The number of fused-ring (bicyclic) bond motifs is 1. The van der Waals surface area contributed by atoms with Gasteiger partial charge in [-0.05, 0) is 29.3 Å². The molecule has 1 aliphatic rings. The van der Waals surface area contributed by atoms with Crippen LogP contribution in [0.15, 0.2) is 54.7 Å². The van der Waals surface area contributed by atoms with Crippen LogP contribution in [0, 0.1) is 0 Å². The van der Waals surface area contributed by atoms with Crippen molar-refractivity contribution in [2.24, 2.45) is 5.73 Å². The van der Waals surface area contributed by atoms with Crippen molar-refractivity contribution in [1.29, 1.82) is 0 Å². The van der Waals surface area contributed by atoms with Gasteiger partial charge in [-0.2, -0.15) is 0 Å². The zero-order chi connectivity index (χ0) is 30.1. The second-order valence-corrected chi connectivity index (χ2v) is 12.3. The van der Waals surface area contributed by atoms with Gasteiger partial charge in [-0.3, -0.25) is 24.0 Å². The lowest BCUT2D eigenvalue weighted by atomic mass is 10.0. The molecule has 0 radical (unpaired) electrons. The molecule has 12 nitrogen and oxygen atoms in total. The number of phenolic OH excluding ortho intramolecular Hbond substituents is 1. The van der Waals surface area contributed by atoms with Gasteiger partial charge in [0.15, 0.2) is 0 Å². The Morgan fingerprint density at radius 2 is 1.62 bits per heavy atom. The highest BCUT2D eigenvalue weighted by molar-refractivity contribution is 8.76. The molecule has 2 aromatic carbocycles. The Kier molecular flexibility index (Phi) is 10.7. The minimum atomic E-state index is -1.10. The van der Waals surface area contributed by atoms with E-state index in [4.69, 9.17) is 5.73 Å². The summed E-state index contributed by atoms with van der Waals surface area (Å²) < 4.78 is 0. The Labute approximate surface area is 249 Å². The first-order valence-corrected chi connectivity index (χ1v) is 15.7. The van der Waals surface area contributed by atoms with Crippen molar-refractivity contribution >= 4 is 62.0 Å². The molecule has 3 atom stereocenters. The van der Waals surface area contributed by atoms with Gasteiger partial charge in [-0.15, -0.1) is 0 Å². The van der Waals surface area contributed by atoms with Gasteiger partial charge in [0.05, 0.1) is 6.54 Å². The fourth-order valence-electron chi connectivity index (χ4n) is 4.39. The molecule has 2 heterocycles. The van der Waals surface area contributed by atoms with Gasteiger partial charge in [-0.1, -0.05) is 51.9 Å². The summed E-state index contributed by atoms with van der Waals surface area (Å²) in [6, 6.07) is 10.7. The number of hydrogen-bond donors (Lipinski definition) is 7. The summed E-state index contributed by atoms with van der Waals surface area (Å²) in [6.07, 6.45) is 2.05. The van der Waals surface area contributed by atoms with Crippen LogP contribution in [0.5, 0.6) is 5.75 Å². The number of carbonyl (C=O) groups excluding carboxylic acids is 5. The normalized spacial score (nSPS) is 21.5. The fraction of sp³-hybridized carbons (Fsp3) is 0.321. The highest BCUT2D eigenvalue weighted by Gasteiger charge is 2.29. The van der Waals surface area contributed by atoms with E-state index in [0.717, 1.165) is 16.5 Å². The predicted octanol–water partition coefficient (Wildman–Crippen LogP) is 0.500. The van der Waals surface area contributed by atoms with Gasteiger partial charge in [0.2, 0.25) is 29.5 Å². The van der Waals surface area contributed by atoms with Crippen LogP contribution >= 0.6 is 21.6 Å². The number of aromatic amines is 1. The van der Waals surface area contributed by atoms with Crippen molar-refractivity contribution in [2.45, 2.75) is 37.4 Å². The maximum atomic E-state index is 13.6. The lowest BCUT2D eigenvalue weighted by molar-refractivity contribution is -0.132. The van der Waals surface area contributed by atoms with E-state index in [2.05, 4.69) is 26.3 Å². The number of aromatic hydroxyl groups is 1. The molecule has 1 fully saturated rings. The highest BCUT2D eigenvalue weighted by Crippen LogP contribution is 2.23. The van der Waals surface area contributed by atoms with E-state index in [0.29, 0.717) is 11.3 Å². The number of nitrogens with one attached hydrogen (secondary N) is 5. The number of nitrogens with two attached hydrogens (primary N) is 1. The predicted molar refractivity (Wildman–Crippen MR) is 161 cm³/mol. The summed E-state index contributed by atoms with van der Waals surface area (Å²) in [6.45, 7) is -0.436. The minimum Gasteiger partial charge on any atom is -0.508 e. The van der Waals surface area contributed by atoms with Crippen LogP contribution in [0.2, 0.25) is 0 Å². The largest absolute Gasteiger partial charge is 0.508 e. The molecule has 222 valence electrons. The number of hydrogen-bond acceptors (Lipinski definition) is 8. The maximum absolute atomic E-state index is 13.6. The van der Waals surface area contributed by atoms with Crippen molar-refractivity contribution < 1.29 is 29.1 Å². The monoisotopic (exact) mass is 612 g/mol. The molecule has 3 aromatic rings. The molecule has 3 unspecified atom stereocenters. The summed E-state index contributed by atoms with van der Waals surface area (Å²) >= 11 is 0. The summed E-state index contributed by atoms with van der Waals surface area (Å²) in [5, 5.41) is 21.1. The molecular weight excluding hydrogens is 580 g/mol. The molecule has 0 saturated carbocycles. The lowest BCUT2D eigenvalue weighted by Crippen LogP contribution is -2.56. The number of carbonyl (C=O) groups is 5. The van der Waals surface area contributed by atoms with Crippen LogP contribution in [0.4, 0.5) is 0 Å². The molecule has 0 aliphatic carbocycles. The number of aromatic nitrogens is 1. The third-order valence-corrected chi connectivity index (χ3v) is 9.01. The maximum Gasteiger partial charge on any atom is 0.243 e. The van der Waals surface area contributed by atoms with Crippen molar-refractivity contribution in [2.75, 3.05) is 18.1 Å². The van der Waals surface area contributed by atoms with Crippen molar-refractivity contribution in [3.05, 3.63) is 65.9 Å². The first kappa shape index (κ1) is 30.8. The summed E-state index contributed by atoms with van der Waals surface area (Å²) in [7, 11) is 2.60. The minimum absolute atomic E-state index is 0.0637. The Bertz CT molecular complexity index is 1450. The third kappa shape index (κ3) is 8.66. The smallest absolute Gasteiger partial charge is 0.243 e. The van der Waals surface area contributed by atoms with E-state index in [1.54, 1.807) is 18.3 Å². The van der Waals surface area contributed by atoms with Gasteiger partial charge in [0.25, 0.3) is 0 Å². The Morgan fingerprint density at radius 3 is 2.38 bits per heavy atom. The van der Waals surface area contributed by atoms with Crippen LogP contribution in [-0.2, 0) is 36.8 Å². The van der Waals surface area contributed by atoms with Crippen molar-refractivity contribution in [3.63, 3.8) is 0 Å². The number of rotatable bonds is 5. The van der Waals surface area contributed by atoms with Crippen LogP contribution in [0.25, 0.3) is 10.9 Å². The Morgan fingerprint density at radius 1 is 0.881 bits per heavy atom. The first-order valence-electron chi connectivity index (χ1n) is 13.2. The van der Waals surface area contributed by atoms with E-state index in [9.17, 15) is 29.1 Å². The number of benzene rings is 2. The van der Waals surface area contributed by atoms with E-state index >= 15 is 0 Å². The van der Waals surface area contributed by atoms with Gasteiger partial charge < -0.3 is 37.1 Å². The molecule has 0 spiro atoms. The molecule has 1 aliphatic heterocycles. The van der Waals surface area contributed by atoms with Gasteiger partial charge in [0.1, 0.15) is 23.9 Å². The number of para-hydroxylation sites is 1. The van der Waals surface area contributed by atoms with Gasteiger partial charge in [-0.25, -0.2) is 0 Å². The molecule has 14 heteroatoms. The first-order chi connectivity index (χ1) is 20.2. The second kappa shape index (κ2) is 14.6. The molecular formula is C28H32N6O6S2. The van der Waals surface area contributed by atoms with Gasteiger partial charge in [0, 0.05) is 47.9 Å². The highest BCUT2D eigenvalue weighted by atomic mass is 33.1. The fourth-order valence-corrected chi connectivity index (χ4v) is 6.55. The molecule has 42 heavy (non-hydrogen) atoms. The van der Waals surface area contributed by atoms with Crippen LogP contribution in [0.3, 0.4) is 0 Å². The molecule has 1 aromatic heterocycles. The SMILES string of the molecule is NC(=O)C1CSSCCC(=O)NC(Cc2ccc(O)cc2)C(=O)NC(Cc2c[nH]c3ccccc23)C(=O)NCC(=O)N1. The van der Waals surface area contributed by atoms with Crippen LogP contribution in [-0.4, -0.2) is 75.8 Å². The Hall–Kier alpha value is -4.17. The van der Waals surface area contributed by atoms with Crippen molar-refractivity contribution in [1.82, 2.24) is 26.3 Å². The average molecular weight is 613 g/mol. The number of phenols is 1. The number of amides is 5. The zero-order valence-corrected chi connectivity index (χ0v) is 24.2. The molecule has 4 rings (SSSR count). The van der Waals surface area contributed by atoms with Gasteiger partial charge >= 0.3 is 0 Å². The second-order valence-electron chi connectivity index (χ2n) is 9.71. The molecule has 8 N–H and O–H groups in total. The molecule has 1 saturated heterocycles. The average Bonchev–Trinajstić information content (AvgIpc) is 3.37. The van der Waals surface area contributed by atoms with E-state index in [1.807, 2.05) is 24.3 Å². The topological polar surface area (TPSA) is 196 Å².